The van der Waals surface area contributed by atoms with Gasteiger partial charge in [0.1, 0.15) is 6.10 Å². The monoisotopic (exact) mass is 190 g/mol. The number of aliphatic hydroxyl groups excluding tert-OH is 2. The summed E-state index contributed by atoms with van der Waals surface area (Å²) in [5.74, 6) is 0.169. The summed E-state index contributed by atoms with van der Waals surface area (Å²) in [6, 6.07) is 0. The zero-order valence-electron chi connectivity index (χ0n) is 8.30. The van der Waals surface area contributed by atoms with Crippen LogP contribution in [0.15, 0.2) is 0 Å². The SMILES string of the molecule is CO[C@@H]1C[C@@H](O)[C@H](O)[C@@H](C(C)C)O1. The highest BCUT2D eigenvalue weighted by molar-refractivity contribution is 4.84. The highest BCUT2D eigenvalue weighted by atomic mass is 16.7. The normalized spacial score (nSPS) is 41.1. The second kappa shape index (κ2) is 4.37. The molecule has 4 nitrogen and oxygen atoms in total. The van der Waals surface area contributed by atoms with Gasteiger partial charge in [0.15, 0.2) is 6.29 Å². The fourth-order valence-electron chi connectivity index (χ4n) is 1.57. The Morgan fingerprint density at radius 1 is 1.38 bits per heavy atom. The summed E-state index contributed by atoms with van der Waals surface area (Å²) in [4.78, 5) is 0. The molecule has 4 heteroatoms. The average Bonchev–Trinajstić information content (AvgIpc) is 2.09. The van der Waals surface area contributed by atoms with E-state index in [2.05, 4.69) is 0 Å². The molecule has 0 spiro atoms. The second-order valence-corrected chi connectivity index (χ2v) is 3.80. The smallest absolute Gasteiger partial charge is 0.160 e. The first-order valence-electron chi connectivity index (χ1n) is 4.60. The summed E-state index contributed by atoms with van der Waals surface area (Å²) in [7, 11) is 1.53. The Labute approximate surface area is 78.5 Å². The largest absolute Gasteiger partial charge is 0.390 e. The molecule has 4 atom stereocenters. The molecule has 0 saturated carbocycles. The van der Waals surface area contributed by atoms with Crippen molar-refractivity contribution in [2.24, 2.45) is 5.92 Å². The standard InChI is InChI=1S/C9H18O4/c1-5(2)9-8(11)6(10)4-7(12-3)13-9/h5-11H,4H2,1-3H3/t6-,7+,8+,9-/m1/s1. The third kappa shape index (κ3) is 2.40. The van der Waals surface area contributed by atoms with Crippen LogP contribution in [-0.2, 0) is 9.47 Å². The molecule has 0 unspecified atom stereocenters. The molecule has 1 aliphatic heterocycles. The van der Waals surface area contributed by atoms with Crippen LogP contribution in [0.2, 0.25) is 0 Å². The van der Waals surface area contributed by atoms with Gasteiger partial charge < -0.3 is 19.7 Å². The van der Waals surface area contributed by atoms with Crippen molar-refractivity contribution < 1.29 is 19.7 Å². The quantitative estimate of drug-likeness (QED) is 0.649. The molecule has 0 aliphatic carbocycles. The fraction of sp³-hybridized carbons (Fsp3) is 1.00. The Morgan fingerprint density at radius 2 is 2.00 bits per heavy atom. The molecule has 0 aromatic heterocycles. The maximum Gasteiger partial charge on any atom is 0.160 e. The van der Waals surface area contributed by atoms with Crippen LogP contribution in [0.4, 0.5) is 0 Å². The van der Waals surface area contributed by atoms with Gasteiger partial charge in [-0.2, -0.15) is 0 Å². The molecule has 0 aromatic rings. The summed E-state index contributed by atoms with van der Waals surface area (Å²) in [6.45, 7) is 3.89. The molecule has 0 aromatic carbocycles. The fourth-order valence-corrected chi connectivity index (χ4v) is 1.57. The molecular formula is C9H18O4. The molecule has 0 radical (unpaired) electrons. The van der Waals surface area contributed by atoms with Gasteiger partial charge in [0.2, 0.25) is 0 Å². The van der Waals surface area contributed by atoms with Crippen molar-refractivity contribution in [1.82, 2.24) is 0 Å². The van der Waals surface area contributed by atoms with Gasteiger partial charge in [0.05, 0.1) is 12.2 Å². The van der Waals surface area contributed by atoms with Crippen LogP contribution in [-0.4, -0.2) is 41.9 Å². The molecule has 2 N–H and O–H groups in total. The van der Waals surface area contributed by atoms with E-state index in [-0.39, 0.29) is 12.0 Å². The van der Waals surface area contributed by atoms with Crippen molar-refractivity contribution in [2.45, 2.75) is 44.9 Å². The third-order valence-corrected chi connectivity index (χ3v) is 2.39. The van der Waals surface area contributed by atoms with Crippen LogP contribution in [0.1, 0.15) is 20.3 Å². The van der Waals surface area contributed by atoms with E-state index in [1.165, 1.54) is 7.11 Å². The van der Waals surface area contributed by atoms with Crippen LogP contribution in [0, 0.1) is 5.92 Å². The van der Waals surface area contributed by atoms with Crippen LogP contribution < -0.4 is 0 Å². The first-order valence-corrected chi connectivity index (χ1v) is 4.60. The Kier molecular flexibility index (Phi) is 3.67. The number of methoxy groups -OCH3 is 1. The molecule has 1 heterocycles. The van der Waals surface area contributed by atoms with Gasteiger partial charge >= 0.3 is 0 Å². The van der Waals surface area contributed by atoms with E-state index < -0.39 is 18.5 Å². The van der Waals surface area contributed by atoms with Gasteiger partial charge in [0, 0.05) is 13.5 Å². The zero-order chi connectivity index (χ0) is 10.0. The van der Waals surface area contributed by atoms with E-state index >= 15 is 0 Å². The van der Waals surface area contributed by atoms with Crippen LogP contribution in [0.25, 0.3) is 0 Å². The molecule has 0 amide bonds. The second-order valence-electron chi connectivity index (χ2n) is 3.80. The van der Waals surface area contributed by atoms with Crippen molar-refractivity contribution in [1.29, 1.82) is 0 Å². The highest BCUT2D eigenvalue weighted by Gasteiger charge is 2.38. The first-order chi connectivity index (χ1) is 6.06. The molecular weight excluding hydrogens is 172 g/mol. The molecule has 1 rings (SSSR count). The third-order valence-electron chi connectivity index (χ3n) is 2.39. The lowest BCUT2D eigenvalue weighted by molar-refractivity contribution is -0.251. The van der Waals surface area contributed by atoms with Gasteiger partial charge in [0.25, 0.3) is 0 Å². The molecule has 78 valence electrons. The van der Waals surface area contributed by atoms with E-state index in [1.807, 2.05) is 13.8 Å². The van der Waals surface area contributed by atoms with E-state index in [4.69, 9.17) is 9.47 Å². The summed E-state index contributed by atoms with van der Waals surface area (Å²) in [5, 5.41) is 19.1. The number of rotatable bonds is 2. The minimum atomic E-state index is -0.800. The van der Waals surface area contributed by atoms with Crippen molar-refractivity contribution in [3.8, 4) is 0 Å². The van der Waals surface area contributed by atoms with E-state index in [0.29, 0.717) is 6.42 Å². The maximum atomic E-state index is 9.59. The van der Waals surface area contributed by atoms with Crippen molar-refractivity contribution in [2.75, 3.05) is 7.11 Å². The van der Waals surface area contributed by atoms with Gasteiger partial charge in [-0.15, -0.1) is 0 Å². The predicted octanol–water partition coefficient (Wildman–Crippen LogP) is 0.126. The van der Waals surface area contributed by atoms with Gasteiger partial charge in [-0.3, -0.25) is 0 Å². The lowest BCUT2D eigenvalue weighted by atomic mass is 9.93. The summed E-state index contributed by atoms with van der Waals surface area (Å²) in [6.07, 6.45) is -1.95. The Bertz CT molecular complexity index is 160. The van der Waals surface area contributed by atoms with Crippen LogP contribution in [0.5, 0.6) is 0 Å². The minimum Gasteiger partial charge on any atom is -0.390 e. The predicted molar refractivity (Wildman–Crippen MR) is 47.1 cm³/mol. The van der Waals surface area contributed by atoms with E-state index in [1.54, 1.807) is 0 Å². The molecule has 1 fully saturated rings. The highest BCUT2D eigenvalue weighted by Crippen LogP contribution is 2.25. The minimum absolute atomic E-state index is 0.169. The van der Waals surface area contributed by atoms with Gasteiger partial charge in [-0.25, -0.2) is 0 Å². The van der Waals surface area contributed by atoms with Gasteiger partial charge in [-0.05, 0) is 5.92 Å². The van der Waals surface area contributed by atoms with Crippen molar-refractivity contribution in [3.63, 3.8) is 0 Å². The number of ether oxygens (including phenoxy) is 2. The van der Waals surface area contributed by atoms with E-state index in [0.717, 1.165) is 0 Å². The topological polar surface area (TPSA) is 58.9 Å². The summed E-state index contributed by atoms with van der Waals surface area (Å²) in [5.41, 5.74) is 0. The van der Waals surface area contributed by atoms with Gasteiger partial charge in [-0.1, -0.05) is 13.8 Å². The average molecular weight is 190 g/mol. The van der Waals surface area contributed by atoms with E-state index in [9.17, 15) is 10.2 Å². The molecule has 0 bridgehead atoms. The zero-order valence-corrected chi connectivity index (χ0v) is 8.30. The Hall–Kier alpha value is -0.160. The summed E-state index contributed by atoms with van der Waals surface area (Å²) >= 11 is 0. The Balaban J connectivity index is 2.60. The van der Waals surface area contributed by atoms with Crippen LogP contribution >= 0.6 is 0 Å². The number of hydrogen-bond acceptors (Lipinski definition) is 4. The Morgan fingerprint density at radius 3 is 2.46 bits per heavy atom. The molecule has 1 aliphatic rings. The van der Waals surface area contributed by atoms with Crippen molar-refractivity contribution >= 4 is 0 Å². The van der Waals surface area contributed by atoms with Crippen molar-refractivity contribution in [3.05, 3.63) is 0 Å². The first kappa shape index (κ1) is 10.9. The summed E-state index contributed by atoms with van der Waals surface area (Å²) < 4.78 is 10.4. The van der Waals surface area contributed by atoms with Crippen LogP contribution in [0.3, 0.4) is 0 Å². The maximum absolute atomic E-state index is 9.59. The number of aliphatic hydroxyl groups is 2. The lowest BCUT2D eigenvalue weighted by Gasteiger charge is -2.38. The molecule has 13 heavy (non-hydrogen) atoms. The number of hydrogen-bond donors (Lipinski definition) is 2. The molecule has 1 saturated heterocycles. The lowest BCUT2D eigenvalue weighted by Crippen LogP contribution is -2.50.